The molecule has 1 heterocycles. The van der Waals surface area contributed by atoms with Gasteiger partial charge in [0.1, 0.15) is 11.6 Å². The number of benzene rings is 2. The zero-order valence-electron chi connectivity index (χ0n) is 15.0. The van der Waals surface area contributed by atoms with Crippen molar-refractivity contribution in [2.45, 2.75) is 32.0 Å². The summed E-state index contributed by atoms with van der Waals surface area (Å²) in [6.07, 6.45) is 1.77. The van der Waals surface area contributed by atoms with E-state index in [0.29, 0.717) is 6.54 Å². The van der Waals surface area contributed by atoms with Gasteiger partial charge in [0.05, 0.1) is 23.5 Å². The second kappa shape index (κ2) is 7.85. The molecule has 0 aliphatic heterocycles. The Kier molecular flexibility index (Phi) is 5.54. The molecule has 0 amide bonds. The third kappa shape index (κ3) is 4.03. The minimum atomic E-state index is -0.947. The number of phenolic OH excluding ortho intramolecular Hbond substituents is 1. The van der Waals surface area contributed by atoms with Crippen molar-refractivity contribution in [1.82, 2.24) is 14.5 Å². The number of phenols is 1. The van der Waals surface area contributed by atoms with Crippen LogP contribution in [0.25, 0.3) is 11.0 Å². The van der Waals surface area contributed by atoms with Crippen molar-refractivity contribution < 1.29 is 14.6 Å². The van der Waals surface area contributed by atoms with Crippen molar-refractivity contribution in [1.29, 1.82) is 0 Å². The lowest BCUT2D eigenvalue weighted by Crippen LogP contribution is -2.34. The Hall–Kier alpha value is -2.44. The molecule has 3 rings (SSSR count). The summed E-state index contributed by atoms with van der Waals surface area (Å²) >= 11 is 0. The van der Waals surface area contributed by atoms with Crippen LogP contribution in [0.3, 0.4) is 0 Å². The van der Waals surface area contributed by atoms with Gasteiger partial charge in [-0.3, -0.25) is 0 Å². The number of hydrogen-bond acceptors (Lipinski definition) is 4. The minimum Gasteiger partial charge on any atom is -0.508 e. The molecule has 0 fully saturated rings. The molecule has 0 bridgehead atoms. The number of aliphatic hydroxyl groups is 1. The van der Waals surface area contributed by atoms with Crippen molar-refractivity contribution >= 4 is 11.0 Å². The maximum Gasteiger partial charge on any atom is 0.132 e. The van der Waals surface area contributed by atoms with E-state index in [-0.39, 0.29) is 17.4 Å². The fraction of sp³-hybridized carbons (Fsp3) is 0.350. The zero-order chi connectivity index (χ0) is 18.7. The first-order valence-corrected chi connectivity index (χ1v) is 8.72. The summed E-state index contributed by atoms with van der Waals surface area (Å²) in [4.78, 5) is 6.40. The number of aliphatic hydroxyl groups excluding tert-OH is 1. The summed E-state index contributed by atoms with van der Waals surface area (Å²) in [6, 6.07) is 12.0. The predicted molar refractivity (Wildman–Crippen MR) is 99.5 cm³/mol. The highest BCUT2D eigenvalue weighted by molar-refractivity contribution is 5.74. The van der Waals surface area contributed by atoms with E-state index in [1.807, 2.05) is 42.5 Å². The Morgan fingerprint density at radius 2 is 2.00 bits per heavy atom. The molecule has 6 heteroatoms. The lowest BCUT2D eigenvalue weighted by Gasteiger charge is -2.27. The molecule has 0 aliphatic carbocycles. The molecule has 26 heavy (non-hydrogen) atoms. The van der Waals surface area contributed by atoms with E-state index >= 15 is 0 Å². The predicted octanol–water partition coefficient (Wildman–Crippen LogP) is 3.33. The normalized spacial score (nSPS) is 14.0. The van der Waals surface area contributed by atoms with Gasteiger partial charge in [-0.05, 0) is 44.7 Å². The number of hydrogen-bond donors (Lipinski definition) is 2. The van der Waals surface area contributed by atoms with E-state index in [0.717, 1.165) is 30.1 Å². The second-order valence-electron chi connectivity index (χ2n) is 6.73. The molecule has 138 valence electrons. The Bertz CT molecular complexity index is 880. The maximum absolute atomic E-state index is 13.9. The number of halogens is 1. The summed E-state index contributed by atoms with van der Waals surface area (Å²) in [5.74, 6) is -0.740. The van der Waals surface area contributed by atoms with Crippen molar-refractivity contribution in [3.8, 4) is 5.75 Å². The Labute approximate surface area is 152 Å². The number of nitrogens with zero attached hydrogens (tertiary/aromatic N) is 3. The third-order valence-electron chi connectivity index (χ3n) is 4.87. The van der Waals surface area contributed by atoms with Crippen LogP contribution in [0.1, 0.15) is 25.0 Å². The summed E-state index contributed by atoms with van der Waals surface area (Å²) < 4.78 is 16.0. The van der Waals surface area contributed by atoms with Crippen LogP contribution in [0.5, 0.6) is 5.75 Å². The Balaban J connectivity index is 1.58. The second-order valence-corrected chi connectivity index (χ2v) is 6.73. The van der Waals surface area contributed by atoms with E-state index in [1.54, 1.807) is 0 Å². The van der Waals surface area contributed by atoms with Gasteiger partial charge in [-0.1, -0.05) is 12.1 Å². The first-order chi connectivity index (χ1) is 12.5. The molecule has 1 aromatic heterocycles. The average Bonchev–Trinajstić information content (AvgIpc) is 3.02. The van der Waals surface area contributed by atoms with Crippen LogP contribution in [0.2, 0.25) is 0 Å². The molecule has 2 aromatic carbocycles. The van der Waals surface area contributed by atoms with E-state index in [9.17, 15) is 14.6 Å². The number of aryl methyl sites for hydroxylation is 1. The van der Waals surface area contributed by atoms with Crippen molar-refractivity contribution in [3.05, 3.63) is 60.2 Å². The molecule has 5 nitrogen and oxygen atoms in total. The SMILES string of the molecule is CC(CCn1cnc2ccccc21)N(C)CC(O)c1ccc(O)cc1F. The molecule has 0 aliphatic rings. The Morgan fingerprint density at radius 1 is 1.23 bits per heavy atom. The maximum atomic E-state index is 13.9. The van der Waals surface area contributed by atoms with E-state index in [4.69, 9.17) is 0 Å². The van der Waals surface area contributed by atoms with Crippen molar-refractivity contribution in [3.63, 3.8) is 0 Å². The Morgan fingerprint density at radius 3 is 2.77 bits per heavy atom. The fourth-order valence-corrected chi connectivity index (χ4v) is 3.07. The minimum absolute atomic E-state index is 0.146. The van der Waals surface area contributed by atoms with Crippen LogP contribution < -0.4 is 0 Å². The molecule has 3 aromatic rings. The van der Waals surface area contributed by atoms with Crippen LogP contribution in [0, 0.1) is 5.82 Å². The van der Waals surface area contributed by atoms with Crippen LogP contribution in [-0.4, -0.2) is 44.3 Å². The van der Waals surface area contributed by atoms with Gasteiger partial charge in [-0.2, -0.15) is 0 Å². The van der Waals surface area contributed by atoms with Gasteiger partial charge in [0, 0.05) is 30.8 Å². The van der Waals surface area contributed by atoms with Crippen LogP contribution in [0.15, 0.2) is 48.8 Å². The monoisotopic (exact) mass is 357 g/mol. The average molecular weight is 357 g/mol. The highest BCUT2D eigenvalue weighted by atomic mass is 19.1. The highest BCUT2D eigenvalue weighted by Gasteiger charge is 2.18. The number of likely N-dealkylation sites (N-methyl/N-ethyl adjacent to an activating group) is 1. The molecule has 2 atom stereocenters. The first kappa shape index (κ1) is 18.4. The zero-order valence-corrected chi connectivity index (χ0v) is 15.0. The fourth-order valence-electron chi connectivity index (χ4n) is 3.07. The van der Waals surface area contributed by atoms with Gasteiger partial charge in [-0.25, -0.2) is 9.37 Å². The van der Waals surface area contributed by atoms with Gasteiger partial charge in [0.2, 0.25) is 0 Å². The van der Waals surface area contributed by atoms with Gasteiger partial charge >= 0.3 is 0 Å². The lowest BCUT2D eigenvalue weighted by atomic mass is 10.1. The number of rotatable bonds is 7. The van der Waals surface area contributed by atoms with Crippen molar-refractivity contribution in [2.24, 2.45) is 0 Å². The number of imidazole rings is 1. The van der Waals surface area contributed by atoms with Gasteiger partial charge in [0.25, 0.3) is 0 Å². The smallest absolute Gasteiger partial charge is 0.132 e. The highest BCUT2D eigenvalue weighted by Crippen LogP contribution is 2.22. The number of fused-ring (bicyclic) bond motifs is 1. The molecular formula is C20H24FN3O2. The molecule has 0 saturated heterocycles. The third-order valence-corrected chi connectivity index (χ3v) is 4.87. The molecule has 0 spiro atoms. The molecule has 2 unspecified atom stereocenters. The molecular weight excluding hydrogens is 333 g/mol. The number of aromatic nitrogens is 2. The topological polar surface area (TPSA) is 61.5 Å². The quantitative estimate of drug-likeness (QED) is 0.681. The van der Waals surface area contributed by atoms with Gasteiger partial charge in [0.15, 0.2) is 0 Å². The molecule has 0 radical (unpaired) electrons. The summed E-state index contributed by atoms with van der Waals surface area (Å²) in [5.41, 5.74) is 2.28. The summed E-state index contributed by atoms with van der Waals surface area (Å²) in [5, 5.41) is 19.6. The molecule has 0 saturated carbocycles. The van der Waals surface area contributed by atoms with Crippen LogP contribution in [-0.2, 0) is 6.54 Å². The van der Waals surface area contributed by atoms with E-state index in [1.165, 1.54) is 12.1 Å². The number of para-hydroxylation sites is 2. The lowest BCUT2D eigenvalue weighted by molar-refractivity contribution is 0.102. The van der Waals surface area contributed by atoms with E-state index < -0.39 is 11.9 Å². The van der Waals surface area contributed by atoms with E-state index in [2.05, 4.69) is 16.5 Å². The standard InChI is InChI=1S/C20H24FN3O2/c1-14(9-10-24-13-22-18-5-3-4-6-19(18)24)23(2)12-20(26)16-8-7-15(25)11-17(16)21/h3-8,11,13-14,20,25-26H,9-10,12H2,1-2H3. The van der Waals surface area contributed by atoms with Gasteiger partial charge < -0.3 is 19.7 Å². The number of aromatic hydroxyl groups is 1. The summed E-state index contributed by atoms with van der Waals surface area (Å²) in [6.45, 7) is 3.21. The van der Waals surface area contributed by atoms with Crippen LogP contribution >= 0.6 is 0 Å². The first-order valence-electron chi connectivity index (χ1n) is 8.72. The van der Waals surface area contributed by atoms with Gasteiger partial charge in [-0.15, -0.1) is 0 Å². The molecule has 2 N–H and O–H groups in total. The summed E-state index contributed by atoms with van der Waals surface area (Å²) in [7, 11) is 1.91. The van der Waals surface area contributed by atoms with Crippen LogP contribution in [0.4, 0.5) is 4.39 Å². The largest absolute Gasteiger partial charge is 0.508 e. The van der Waals surface area contributed by atoms with Crippen molar-refractivity contribution in [2.75, 3.05) is 13.6 Å².